The van der Waals surface area contributed by atoms with Crippen molar-refractivity contribution in [3.05, 3.63) is 11.6 Å². The highest BCUT2D eigenvalue weighted by molar-refractivity contribution is 5.69. The number of hydrogen-bond donors (Lipinski definition) is 1. The third-order valence-electron chi connectivity index (χ3n) is 2.56. The number of aliphatic hydroxyl groups is 1. The molecule has 1 aliphatic heterocycles. The van der Waals surface area contributed by atoms with Gasteiger partial charge in [-0.3, -0.25) is 4.90 Å². The number of amides is 1. The Hall–Kier alpha value is -1.03. The molecule has 1 aliphatic rings. The predicted molar refractivity (Wildman–Crippen MR) is 62.2 cm³/mol. The highest BCUT2D eigenvalue weighted by Gasteiger charge is 2.33. The molecule has 92 valence electrons. The van der Waals surface area contributed by atoms with Gasteiger partial charge in [-0.05, 0) is 34.1 Å². The minimum Gasteiger partial charge on any atom is -0.444 e. The fraction of sp³-hybridized carbons (Fsp3) is 0.750. The van der Waals surface area contributed by atoms with Crippen LogP contribution in [0.2, 0.25) is 0 Å². The normalized spacial score (nSPS) is 23.9. The number of aliphatic hydroxyl groups excluding tert-OH is 1. The van der Waals surface area contributed by atoms with Crippen LogP contribution in [0.1, 0.15) is 34.1 Å². The molecule has 1 N–H and O–H groups in total. The average Bonchev–Trinajstić information content (AvgIpc) is 2.58. The number of ether oxygens (including phenoxy) is 1. The first-order chi connectivity index (χ1) is 7.37. The second kappa shape index (κ2) is 4.87. The molecule has 1 amide bonds. The molecule has 0 aromatic carbocycles. The Kier molecular flexibility index (Phi) is 3.97. The third kappa shape index (κ3) is 3.23. The van der Waals surface area contributed by atoms with Gasteiger partial charge in [-0.1, -0.05) is 11.6 Å². The fourth-order valence-corrected chi connectivity index (χ4v) is 1.73. The first-order valence-electron chi connectivity index (χ1n) is 5.62. The molecule has 0 aromatic heterocycles. The summed E-state index contributed by atoms with van der Waals surface area (Å²) in [4.78, 5) is 13.5. The molecule has 0 spiro atoms. The Morgan fingerprint density at radius 1 is 1.62 bits per heavy atom. The molecule has 0 bridgehead atoms. The van der Waals surface area contributed by atoms with E-state index >= 15 is 0 Å². The number of nitrogens with zero attached hydrogens (tertiary/aromatic N) is 1. The lowest BCUT2D eigenvalue weighted by atomic mass is 10.1. The van der Waals surface area contributed by atoms with Crippen LogP contribution in [0.15, 0.2) is 11.6 Å². The van der Waals surface area contributed by atoms with Crippen molar-refractivity contribution in [2.75, 3.05) is 13.2 Å². The molecule has 0 aliphatic carbocycles. The lowest BCUT2D eigenvalue weighted by Gasteiger charge is -2.27. The molecule has 4 nitrogen and oxygen atoms in total. The Morgan fingerprint density at radius 2 is 2.25 bits per heavy atom. The Morgan fingerprint density at radius 3 is 2.69 bits per heavy atom. The molecule has 1 saturated heterocycles. The van der Waals surface area contributed by atoms with E-state index in [-0.39, 0.29) is 18.7 Å². The SMILES string of the molecule is CC=C1C[C@@H](CO)N(C(=O)OC(C)(C)C)C1. The van der Waals surface area contributed by atoms with Crippen molar-refractivity contribution >= 4 is 6.09 Å². The van der Waals surface area contributed by atoms with E-state index < -0.39 is 5.60 Å². The number of hydrogen-bond acceptors (Lipinski definition) is 3. The Labute approximate surface area is 96.9 Å². The molecule has 0 aromatic rings. The minimum absolute atomic E-state index is 0.0173. The third-order valence-corrected chi connectivity index (χ3v) is 2.56. The summed E-state index contributed by atoms with van der Waals surface area (Å²) >= 11 is 0. The summed E-state index contributed by atoms with van der Waals surface area (Å²) in [5.41, 5.74) is 0.681. The van der Waals surface area contributed by atoms with Crippen LogP contribution in [0, 0.1) is 0 Å². The molecule has 1 rings (SSSR count). The Balaban J connectivity index is 2.68. The van der Waals surface area contributed by atoms with Gasteiger partial charge in [0.2, 0.25) is 0 Å². The molecule has 0 saturated carbocycles. The Bertz CT molecular complexity index is 291. The lowest BCUT2D eigenvalue weighted by Crippen LogP contribution is -2.41. The maximum Gasteiger partial charge on any atom is 0.410 e. The van der Waals surface area contributed by atoms with Gasteiger partial charge in [-0.25, -0.2) is 4.79 Å². The van der Waals surface area contributed by atoms with Crippen LogP contribution in [0.5, 0.6) is 0 Å². The minimum atomic E-state index is -0.490. The van der Waals surface area contributed by atoms with Crippen LogP contribution in [0.4, 0.5) is 4.79 Å². The van der Waals surface area contributed by atoms with Gasteiger partial charge in [-0.15, -0.1) is 0 Å². The van der Waals surface area contributed by atoms with E-state index in [4.69, 9.17) is 4.74 Å². The van der Waals surface area contributed by atoms with E-state index in [1.165, 1.54) is 5.57 Å². The van der Waals surface area contributed by atoms with Crippen molar-refractivity contribution in [2.24, 2.45) is 0 Å². The van der Waals surface area contributed by atoms with E-state index in [1.807, 2.05) is 33.8 Å². The van der Waals surface area contributed by atoms with Crippen LogP contribution in [0.25, 0.3) is 0 Å². The number of carbonyl (C=O) groups is 1. The molecule has 1 fully saturated rings. The predicted octanol–water partition coefficient (Wildman–Crippen LogP) is 1.93. The van der Waals surface area contributed by atoms with Gasteiger partial charge >= 0.3 is 6.09 Å². The van der Waals surface area contributed by atoms with Crippen molar-refractivity contribution in [2.45, 2.75) is 45.8 Å². The van der Waals surface area contributed by atoms with Crippen molar-refractivity contribution in [1.82, 2.24) is 4.90 Å². The lowest BCUT2D eigenvalue weighted by molar-refractivity contribution is 0.0178. The number of carbonyl (C=O) groups excluding carboxylic acids is 1. The summed E-state index contributed by atoms with van der Waals surface area (Å²) in [6.07, 6.45) is 2.39. The van der Waals surface area contributed by atoms with E-state index in [2.05, 4.69) is 0 Å². The molecule has 16 heavy (non-hydrogen) atoms. The zero-order valence-electron chi connectivity index (χ0n) is 10.5. The summed E-state index contributed by atoms with van der Waals surface area (Å²) in [5, 5.41) is 9.22. The molecule has 0 radical (unpaired) electrons. The number of likely N-dealkylation sites (tertiary alicyclic amines) is 1. The molecule has 1 heterocycles. The molecule has 4 heteroatoms. The molecule has 0 unspecified atom stereocenters. The van der Waals surface area contributed by atoms with E-state index in [0.717, 1.165) is 6.42 Å². The second-order valence-electron chi connectivity index (χ2n) is 5.10. The van der Waals surface area contributed by atoms with Crippen LogP contribution in [-0.4, -0.2) is 40.9 Å². The van der Waals surface area contributed by atoms with Crippen LogP contribution >= 0.6 is 0 Å². The maximum atomic E-state index is 11.9. The molecule has 1 atom stereocenters. The quantitative estimate of drug-likeness (QED) is 0.696. The zero-order valence-corrected chi connectivity index (χ0v) is 10.5. The van der Waals surface area contributed by atoms with Crippen molar-refractivity contribution in [1.29, 1.82) is 0 Å². The van der Waals surface area contributed by atoms with Crippen molar-refractivity contribution in [3.8, 4) is 0 Å². The highest BCUT2D eigenvalue weighted by Crippen LogP contribution is 2.24. The number of allylic oxidation sites excluding steroid dienone is 1. The van der Waals surface area contributed by atoms with Crippen LogP contribution in [-0.2, 0) is 4.74 Å². The standard InChI is InChI=1S/C12H21NO3/c1-5-9-6-10(8-14)13(7-9)11(15)16-12(2,3)4/h5,10,14H,6-8H2,1-4H3/t10-/m0/s1. The first kappa shape index (κ1) is 13.0. The first-order valence-corrected chi connectivity index (χ1v) is 5.62. The fourth-order valence-electron chi connectivity index (χ4n) is 1.73. The van der Waals surface area contributed by atoms with Crippen LogP contribution < -0.4 is 0 Å². The summed E-state index contributed by atoms with van der Waals surface area (Å²) < 4.78 is 5.30. The van der Waals surface area contributed by atoms with Gasteiger partial charge in [-0.2, -0.15) is 0 Å². The van der Waals surface area contributed by atoms with Crippen LogP contribution in [0.3, 0.4) is 0 Å². The van der Waals surface area contributed by atoms with Gasteiger partial charge in [0.1, 0.15) is 5.60 Å². The van der Waals surface area contributed by atoms with Crippen molar-refractivity contribution in [3.63, 3.8) is 0 Å². The van der Waals surface area contributed by atoms with Gasteiger partial charge in [0, 0.05) is 6.54 Å². The summed E-state index contributed by atoms with van der Waals surface area (Å²) in [5.74, 6) is 0. The van der Waals surface area contributed by atoms with Gasteiger partial charge in [0.05, 0.1) is 12.6 Å². The van der Waals surface area contributed by atoms with Crippen molar-refractivity contribution < 1.29 is 14.6 Å². The molecular formula is C12H21NO3. The second-order valence-corrected chi connectivity index (χ2v) is 5.10. The average molecular weight is 227 g/mol. The van der Waals surface area contributed by atoms with E-state index in [1.54, 1.807) is 4.90 Å². The maximum absolute atomic E-state index is 11.9. The zero-order chi connectivity index (χ0) is 12.3. The van der Waals surface area contributed by atoms with E-state index in [0.29, 0.717) is 6.54 Å². The molecular weight excluding hydrogens is 206 g/mol. The number of rotatable bonds is 1. The summed E-state index contributed by atoms with van der Waals surface area (Å²) in [7, 11) is 0. The van der Waals surface area contributed by atoms with E-state index in [9.17, 15) is 9.90 Å². The van der Waals surface area contributed by atoms with Gasteiger partial charge < -0.3 is 9.84 Å². The van der Waals surface area contributed by atoms with Gasteiger partial charge in [0.15, 0.2) is 0 Å². The smallest absolute Gasteiger partial charge is 0.410 e. The summed E-state index contributed by atoms with van der Waals surface area (Å²) in [6.45, 7) is 8.01. The largest absolute Gasteiger partial charge is 0.444 e. The van der Waals surface area contributed by atoms with Gasteiger partial charge in [0.25, 0.3) is 0 Å². The topological polar surface area (TPSA) is 49.8 Å². The monoisotopic (exact) mass is 227 g/mol. The highest BCUT2D eigenvalue weighted by atomic mass is 16.6. The summed E-state index contributed by atoms with van der Waals surface area (Å²) in [6, 6.07) is -0.138.